The van der Waals surface area contributed by atoms with E-state index in [1.54, 1.807) is 42.6 Å². The van der Waals surface area contributed by atoms with Crippen molar-refractivity contribution in [2.24, 2.45) is 5.73 Å². The molecule has 0 fully saturated rings. The lowest BCUT2D eigenvalue weighted by Gasteiger charge is -2.06. The van der Waals surface area contributed by atoms with Crippen molar-refractivity contribution in [3.05, 3.63) is 64.4 Å². The number of halogens is 2. The van der Waals surface area contributed by atoms with Gasteiger partial charge in [0, 0.05) is 23.5 Å². The van der Waals surface area contributed by atoms with Crippen LogP contribution in [0.4, 0.5) is 11.6 Å². The molecule has 0 bridgehead atoms. The van der Waals surface area contributed by atoms with Gasteiger partial charge in [-0.3, -0.25) is 4.79 Å². The van der Waals surface area contributed by atoms with Crippen molar-refractivity contribution in [3.8, 4) is 10.6 Å². The summed E-state index contributed by atoms with van der Waals surface area (Å²) < 4.78 is 0.815. The second kappa shape index (κ2) is 7.11. The van der Waals surface area contributed by atoms with Crippen molar-refractivity contribution in [1.82, 2.24) is 15.0 Å². The highest BCUT2D eigenvalue weighted by atomic mass is 35.5. The number of nitrogens with two attached hydrogens (primary N) is 1. The fraction of sp³-hybridized carbons (Fsp3) is 0. The zero-order chi connectivity index (χ0) is 19.0. The second-order valence-electron chi connectivity index (χ2n) is 5.54. The first-order chi connectivity index (χ1) is 13.0. The molecule has 3 heterocycles. The number of benzene rings is 1. The van der Waals surface area contributed by atoms with Crippen molar-refractivity contribution in [1.29, 1.82) is 0 Å². The highest BCUT2D eigenvalue weighted by molar-refractivity contribution is 7.22. The second-order valence-corrected chi connectivity index (χ2v) is 7.36. The summed E-state index contributed by atoms with van der Waals surface area (Å²) in [5.74, 6) is 0.491. The number of carbonyl (C=O) groups is 1. The molecule has 1 amide bonds. The minimum absolute atomic E-state index is 0.354. The number of nitrogens with one attached hydrogen (secondary N) is 1. The van der Waals surface area contributed by atoms with Crippen LogP contribution in [0.25, 0.3) is 20.8 Å². The number of hydrogen-bond acceptors (Lipinski definition) is 6. The molecule has 0 aliphatic rings. The molecule has 6 nitrogen and oxygen atoms in total. The maximum Gasteiger partial charge on any atom is 0.248 e. The van der Waals surface area contributed by atoms with Crippen LogP contribution in [0, 0.1) is 0 Å². The number of pyridine rings is 2. The number of fused-ring (bicyclic) bond motifs is 1. The number of rotatable bonds is 4. The van der Waals surface area contributed by atoms with Crippen molar-refractivity contribution in [2.45, 2.75) is 0 Å². The highest BCUT2D eigenvalue weighted by Crippen LogP contribution is 2.40. The number of carbonyl (C=O) groups excluding carboxylic acids is 1. The number of nitrogens with zero attached hydrogens (tertiary/aromatic N) is 3. The van der Waals surface area contributed by atoms with Gasteiger partial charge in [-0.2, -0.15) is 0 Å². The van der Waals surface area contributed by atoms with Gasteiger partial charge in [0.05, 0.1) is 20.3 Å². The number of amides is 1. The Morgan fingerprint density at radius 2 is 1.81 bits per heavy atom. The van der Waals surface area contributed by atoms with Crippen LogP contribution in [0.15, 0.2) is 48.8 Å². The van der Waals surface area contributed by atoms with Crippen molar-refractivity contribution >= 4 is 62.3 Å². The molecule has 0 atom stereocenters. The van der Waals surface area contributed by atoms with E-state index >= 15 is 0 Å². The SMILES string of the molecule is NC(=O)c1ccnc(Nc2nccc3nc(-c4c(Cl)cccc4Cl)sc23)c1. The Morgan fingerprint density at radius 1 is 1.07 bits per heavy atom. The van der Waals surface area contributed by atoms with Crippen molar-refractivity contribution < 1.29 is 4.79 Å². The van der Waals surface area contributed by atoms with E-state index in [0.717, 1.165) is 10.2 Å². The number of hydrogen-bond donors (Lipinski definition) is 2. The Hall–Kier alpha value is -2.74. The van der Waals surface area contributed by atoms with Crippen LogP contribution in [0.2, 0.25) is 10.0 Å². The van der Waals surface area contributed by atoms with Gasteiger partial charge in [0.2, 0.25) is 5.91 Å². The van der Waals surface area contributed by atoms with E-state index in [4.69, 9.17) is 28.9 Å². The standard InChI is InChI=1S/C18H11Cl2N5OS/c19-10-2-1-3-11(20)14(10)18-24-12-5-7-23-17(15(12)27-18)25-13-8-9(16(21)26)4-6-22-13/h1-8H,(H2,21,26)(H,22,23,25). The van der Waals surface area contributed by atoms with Crippen molar-refractivity contribution in [2.75, 3.05) is 5.32 Å². The van der Waals surface area contributed by atoms with Crippen molar-refractivity contribution in [3.63, 3.8) is 0 Å². The summed E-state index contributed by atoms with van der Waals surface area (Å²) in [4.78, 5) is 24.6. The van der Waals surface area contributed by atoms with Crippen LogP contribution < -0.4 is 11.1 Å². The Bertz CT molecular complexity index is 1160. The fourth-order valence-electron chi connectivity index (χ4n) is 2.53. The molecule has 3 aromatic heterocycles. The van der Waals surface area contributed by atoms with E-state index in [0.29, 0.717) is 37.8 Å². The van der Waals surface area contributed by atoms with E-state index in [1.165, 1.54) is 17.5 Å². The topological polar surface area (TPSA) is 93.8 Å². The van der Waals surface area contributed by atoms with Gasteiger partial charge in [0.15, 0.2) is 5.82 Å². The molecule has 1 aromatic carbocycles. The first-order valence-electron chi connectivity index (χ1n) is 7.76. The quantitative estimate of drug-likeness (QED) is 0.494. The summed E-state index contributed by atoms with van der Waals surface area (Å²) in [5.41, 5.74) is 7.10. The van der Waals surface area contributed by atoms with E-state index in [-0.39, 0.29) is 0 Å². The fourth-order valence-corrected chi connectivity index (χ4v) is 4.29. The summed E-state index contributed by atoms with van der Waals surface area (Å²) in [6.45, 7) is 0. The summed E-state index contributed by atoms with van der Waals surface area (Å²) in [5, 5.41) is 4.86. The van der Waals surface area contributed by atoms with Gasteiger partial charge in [0.1, 0.15) is 10.8 Å². The Balaban J connectivity index is 1.78. The molecule has 9 heteroatoms. The molecule has 4 aromatic rings. The number of thiazole rings is 1. The van der Waals surface area contributed by atoms with E-state index < -0.39 is 5.91 Å². The summed E-state index contributed by atoms with van der Waals surface area (Å²) >= 11 is 14.0. The third-order valence-corrected chi connectivity index (χ3v) is 5.50. The zero-order valence-electron chi connectivity index (χ0n) is 13.6. The maximum atomic E-state index is 11.4. The summed E-state index contributed by atoms with van der Waals surface area (Å²) in [6.07, 6.45) is 3.14. The van der Waals surface area contributed by atoms with Gasteiger partial charge in [0.25, 0.3) is 0 Å². The number of anilines is 2. The molecule has 0 aliphatic heterocycles. The molecule has 0 saturated heterocycles. The lowest BCUT2D eigenvalue weighted by molar-refractivity contribution is 0.1000. The Kier molecular flexibility index (Phi) is 4.65. The lowest BCUT2D eigenvalue weighted by atomic mass is 10.2. The molecule has 0 spiro atoms. The molecule has 0 saturated carbocycles. The van der Waals surface area contributed by atoms with Gasteiger partial charge in [-0.05, 0) is 30.3 Å². The van der Waals surface area contributed by atoms with Gasteiger partial charge in [-0.1, -0.05) is 29.3 Å². The molecule has 134 valence electrons. The predicted octanol–water partition coefficient (Wildman–Crippen LogP) is 4.90. The largest absolute Gasteiger partial charge is 0.366 e. The van der Waals surface area contributed by atoms with E-state index in [1.807, 2.05) is 0 Å². The average Bonchev–Trinajstić information content (AvgIpc) is 3.06. The molecule has 4 rings (SSSR count). The first kappa shape index (κ1) is 17.7. The molecule has 0 unspecified atom stereocenters. The normalized spacial score (nSPS) is 10.9. The molecule has 27 heavy (non-hydrogen) atoms. The summed E-state index contributed by atoms with van der Waals surface area (Å²) in [7, 11) is 0. The molecule has 3 N–H and O–H groups in total. The van der Waals surface area contributed by atoms with Gasteiger partial charge in [-0.25, -0.2) is 15.0 Å². The van der Waals surface area contributed by atoms with Gasteiger partial charge >= 0.3 is 0 Å². The molecule has 0 radical (unpaired) electrons. The van der Waals surface area contributed by atoms with Crippen LogP contribution in [-0.4, -0.2) is 20.9 Å². The Labute approximate surface area is 168 Å². The monoisotopic (exact) mass is 415 g/mol. The third-order valence-electron chi connectivity index (χ3n) is 3.77. The highest BCUT2D eigenvalue weighted by Gasteiger charge is 2.16. The van der Waals surface area contributed by atoms with Crippen LogP contribution in [0.5, 0.6) is 0 Å². The zero-order valence-corrected chi connectivity index (χ0v) is 15.9. The molecule has 0 aliphatic carbocycles. The molecular weight excluding hydrogens is 405 g/mol. The van der Waals surface area contributed by atoms with Crippen LogP contribution in [0.3, 0.4) is 0 Å². The third kappa shape index (κ3) is 3.44. The van der Waals surface area contributed by atoms with Crippen LogP contribution >= 0.6 is 34.5 Å². The first-order valence-corrected chi connectivity index (χ1v) is 9.33. The van der Waals surface area contributed by atoms with Gasteiger partial charge in [-0.15, -0.1) is 11.3 Å². The smallest absolute Gasteiger partial charge is 0.248 e. The summed E-state index contributed by atoms with van der Waals surface area (Å²) in [6, 6.07) is 10.2. The number of primary amides is 1. The Morgan fingerprint density at radius 3 is 2.56 bits per heavy atom. The van der Waals surface area contributed by atoms with Gasteiger partial charge < -0.3 is 11.1 Å². The van der Waals surface area contributed by atoms with Crippen LogP contribution in [0.1, 0.15) is 10.4 Å². The van der Waals surface area contributed by atoms with E-state index in [2.05, 4.69) is 20.3 Å². The maximum absolute atomic E-state index is 11.4. The molecular formula is C18H11Cl2N5OS. The lowest BCUT2D eigenvalue weighted by Crippen LogP contribution is -2.11. The minimum Gasteiger partial charge on any atom is -0.366 e. The van der Waals surface area contributed by atoms with E-state index in [9.17, 15) is 4.79 Å². The number of aromatic nitrogens is 3. The van der Waals surface area contributed by atoms with Crippen LogP contribution in [-0.2, 0) is 0 Å². The predicted molar refractivity (Wildman–Crippen MR) is 109 cm³/mol. The average molecular weight is 416 g/mol. The minimum atomic E-state index is -0.528.